The van der Waals surface area contributed by atoms with Gasteiger partial charge in [-0.3, -0.25) is 14.9 Å². The molecule has 0 aromatic heterocycles. The first-order valence-corrected chi connectivity index (χ1v) is 3.31. The van der Waals surface area contributed by atoms with E-state index >= 15 is 0 Å². The lowest BCUT2D eigenvalue weighted by Gasteiger charge is -2.06. The molecule has 1 heterocycles. The van der Waals surface area contributed by atoms with Gasteiger partial charge < -0.3 is 10.1 Å². The van der Waals surface area contributed by atoms with Gasteiger partial charge in [-0.05, 0) is 0 Å². The quantitative estimate of drug-likeness (QED) is 0.484. The molecule has 0 bridgehead atoms. The van der Waals surface area contributed by atoms with E-state index in [2.05, 4.69) is 10.1 Å². The molecule has 1 atom stereocenters. The molecule has 2 N–H and O–H groups in total. The van der Waals surface area contributed by atoms with Gasteiger partial charge in [0.25, 0.3) is 0 Å². The van der Waals surface area contributed by atoms with E-state index in [-0.39, 0.29) is 12.3 Å². The Morgan fingerprint density at radius 3 is 2.75 bits per heavy atom. The fraction of sp³-hybridized carbons (Fsp3) is 0.500. The van der Waals surface area contributed by atoms with Gasteiger partial charge in [-0.25, -0.2) is 4.79 Å². The Morgan fingerprint density at radius 1 is 1.67 bits per heavy atom. The van der Waals surface area contributed by atoms with E-state index in [1.165, 1.54) is 7.11 Å². The van der Waals surface area contributed by atoms with Gasteiger partial charge in [0, 0.05) is 0 Å². The van der Waals surface area contributed by atoms with E-state index in [0.29, 0.717) is 0 Å². The van der Waals surface area contributed by atoms with Crippen molar-refractivity contribution in [1.29, 1.82) is 0 Å². The van der Waals surface area contributed by atoms with Crippen molar-refractivity contribution >= 4 is 17.9 Å². The molecule has 0 aliphatic carbocycles. The first-order chi connectivity index (χ1) is 5.63. The number of ether oxygens (including phenoxy) is 1. The van der Waals surface area contributed by atoms with Gasteiger partial charge in [-0.1, -0.05) is 0 Å². The molecule has 1 saturated heterocycles. The van der Waals surface area contributed by atoms with Crippen molar-refractivity contribution in [3.05, 3.63) is 0 Å². The average Bonchev–Trinajstić information content (AvgIpc) is 2.30. The van der Waals surface area contributed by atoms with Crippen molar-refractivity contribution in [3.8, 4) is 0 Å². The molecule has 6 nitrogen and oxygen atoms in total. The van der Waals surface area contributed by atoms with Crippen LogP contribution in [0.15, 0.2) is 0 Å². The summed E-state index contributed by atoms with van der Waals surface area (Å²) in [5.41, 5.74) is 0. The van der Waals surface area contributed by atoms with Crippen molar-refractivity contribution < 1.29 is 19.1 Å². The Bertz CT molecular complexity index is 238. The Labute approximate surface area is 68.3 Å². The number of imide groups is 1. The highest BCUT2D eigenvalue weighted by atomic mass is 16.5. The van der Waals surface area contributed by atoms with E-state index in [0.717, 1.165) is 0 Å². The number of amides is 3. The summed E-state index contributed by atoms with van der Waals surface area (Å²) >= 11 is 0. The summed E-state index contributed by atoms with van der Waals surface area (Å²) in [5, 5.41) is 4.26. The van der Waals surface area contributed by atoms with Gasteiger partial charge >= 0.3 is 6.09 Å². The molecule has 1 rings (SSSR count). The van der Waals surface area contributed by atoms with E-state index < -0.39 is 18.0 Å². The lowest BCUT2D eigenvalue weighted by molar-refractivity contribution is -0.125. The predicted molar refractivity (Wildman–Crippen MR) is 37.1 cm³/mol. The van der Waals surface area contributed by atoms with Crippen molar-refractivity contribution in [2.75, 3.05) is 7.11 Å². The molecule has 0 saturated carbocycles. The predicted octanol–water partition coefficient (Wildman–Crippen LogP) is -1.24. The first kappa shape index (κ1) is 8.51. The molecular formula is C6H8N2O4. The second-order valence-electron chi connectivity index (χ2n) is 2.31. The van der Waals surface area contributed by atoms with Crippen LogP contribution in [0.1, 0.15) is 6.42 Å². The van der Waals surface area contributed by atoms with Crippen molar-refractivity contribution in [2.45, 2.75) is 12.5 Å². The van der Waals surface area contributed by atoms with Crippen LogP contribution in [-0.2, 0) is 14.3 Å². The number of alkyl carbamates (subject to hydrolysis) is 1. The molecule has 6 heteroatoms. The SMILES string of the molecule is COC(=O)NC1CC(=O)NC1=O. The van der Waals surface area contributed by atoms with Gasteiger partial charge in [-0.2, -0.15) is 0 Å². The molecule has 1 aliphatic heterocycles. The maximum atomic E-state index is 10.8. The summed E-state index contributed by atoms with van der Waals surface area (Å²) in [7, 11) is 1.18. The molecule has 3 amide bonds. The smallest absolute Gasteiger partial charge is 0.407 e. The van der Waals surface area contributed by atoms with Crippen LogP contribution < -0.4 is 10.6 Å². The Balaban J connectivity index is 2.48. The lowest BCUT2D eigenvalue weighted by Crippen LogP contribution is -2.40. The zero-order chi connectivity index (χ0) is 9.14. The number of carbonyl (C=O) groups excluding carboxylic acids is 3. The molecule has 0 aromatic rings. The molecule has 1 aliphatic rings. The number of nitrogens with one attached hydrogen (secondary N) is 2. The molecule has 0 spiro atoms. The van der Waals surface area contributed by atoms with Crippen LogP contribution in [0.4, 0.5) is 4.79 Å². The molecule has 1 unspecified atom stereocenters. The third-order valence-electron chi connectivity index (χ3n) is 1.45. The summed E-state index contributed by atoms with van der Waals surface area (Å²) in [6.45, 7) is 0. The van der Waals surface area contributed by atoms with E-state index in [9.17, 15) is 14.4 Å². The van der Waals surface area contributed by atoms with Crippen LogP contribution >= 0.6 is 0 Å². The van der Waals surface area contributed by atoms with Crippen LogP contribution in [0.25, 0.3) is 0 Å². The number of rotatable bonds is 1. The standard InChI is InChI=1S/C6H8N2O4/c1-12-6(11)7-3-2-4(9)8-5(3)10/h3H,2H2,1H3,(H,7,11)(H,8,9,10). The van der Waals surface area contributed by atoms with Crippen LogP contribution in [0, 0.1) is 0 Å². The minimum absolute atomic E-state index is 0.0199. The molecule has 0 aromatic carbocycles. The maximum absolute atomic E-state index is 10.8. The average molecular weight is 172 g/mol. The van der Waals surface area contributed by atoms with E-state index in [1.807, 2.05) is 5.32 Å². The second-order valence-corrected chi connectivity index (χ2v) is 2.31. The molecule has 66 valence electrons. The van der Waals surface area contributed by atoms with E-state index in [4.69, 9.17) is 0 Å². The Morgan fingerprint density at radius 2 is 2.33 bits per heavy atom. The van der Waals surface area contributed by atoms with Crippen LogP contribution in [0.3, 0.4) is 0 Å². The maximum Gasteiger partial charge on any atom is 0.407 e. The summed E-state index contributed by atoms with van der Waals surface area (Å²) in [5.74, 6) is -0.883. The van der Waals surface area contributed by atoms with E-state index in [1.54, 1.807) is 0 Å². The Hall–Kier alpha value is -1.59. The minimum Gasteiger partial charge on any atom is -0.453 e. The molecule has 0 radical (unpaired) electrons. The van der Waals surface area contributed by atoms with Crippen LogP contribution in [0.5, 0.6) is 0 Å². The van der Waals surface area contributed by atoms with Gasteiger partial charge in [-0.15, -0.1) is 0 Å². The molecule has 1 fully saturated rings. The topological polar surface area (TPSA) is 84.5 Å². The number of carbonyl (C=O) groups is 3. The third kappa shape index (κ3) is 1.71. The Kier molecular flexibility index (Phi) is 2.27. The number of hydrogen-bond acceptors (Lipinski definition) is 4. The van der Waals surface area contributed by atoms with Gasteiger partial charge in [0.2, 0.25) is 11.8 Å². The fourth-order valence-corrected chi connectivity index (χ4v) is 0.871. The minimum atomic E-state index is -0.787. The highest BCUT2D eigenvalue weighted by molar-refractivity contribution is 6.06. The zero-order valence-electron chi connectivity index (χ0n) is 6.42. The normalized spacial score (nSPS) is 21.9. The lowest BCUT2D eigenvalue weighted by atomic mass is 10.2. The summed E-state index contributed by atoms with van der Waals surface area (Å²) in [4.78, 5) is 32.0. The number of hydrogen-bond donors (Lipinski definition) is 2. The monoisotopic (exact) mass is 172 g/mol. The highest BCUT2D eigenvalue weighted by Gasteiger charge is 2.31. The van der Waals surface area contributed by atoms with Crippen molar-refractivity contribution in [2.24, 2.45) is 0 Å². The van der Waals surface area contributed by atoms with Crippen LogP contribution in [0.2, 0.25) is 0 Å². The van der Waals surface area contributed by atoms with Crippen molar-refractivity contribution in [1.82, 2.24) is 10.6 Å². The highest BCUT2D eigenvalue weighted by Crippen LogP contribution is 2.00. The largest absolute Gasteiger partial charge is 0.453 e. The fourth-order valence-electron chi connectivity index (χ4n) is 0.871. The molecular weight excluding hydrogens is 164 g/mol. The second kappa shape index (κ2) is 3.21. The summed E-state index contributed by atoms with van der Waals surface area (Å²) in [6, 6.07) is -0.787. The summed E-state index contributed by atoms with van der Waals surface area (Å²) < 4.78 is 4.25. The zero-order valence-corrected chi connectivity index (χ0v) is 6.42. The van der Waals surface area contributed by atoms with Crippen LogP contribution in [-0.4, -0.2) is 31.1 Å². The first-order valence-electron chi connectivity index (χ1n) is 3.31. The van der Waals surface area contributed by atoms with Gasteiger partial charge in [0.15, 0.2) is 0 Å². The molecule has 12 heavy (non-hydrogen) atoms. The van der Waals surface area contributed by atoms with Gasteiger partial charge in [0.1, 0.15) is 6.04 Å². The third-order valence-corrected chi connectivity index (χ3v) is 1.45. The number of methoxy groups -OCH3 is 1. The van der Waals surface area contributed by atoms with Crippen molar-refractivity contribution in [3.63, 3.8) is 0 Å². The van der Waals surface area contributed by atoms with Gasteiger partial charge in [0.05, 0.1) is 13.5 Å². The summed E-state index contributed by atoms with van der Waals surface area (Å²) in [6.07, 6.45) is -0.738.